The maximum atomic E-state index is 11.5. The summed E-state index contributed by atoms with van der Waals surface area (Å²) in [5, 5.41) is 7.48. The molecule has 0 saturated carbocycles. The summed E-state index contributed by atoms with van der Waals surface area (Å²) in [7, 11) is -2.29. The molecule has 0 rings (SSSR count). The quantitative estimate of drug-likeness (QED) is 0.580. The van der Waals surface area contributed by atoms with E-state index >= 15 is 0 Å². The van der Waals surface area contributed by atoms with E-state index in [0.717, 1.165) is 23.7 Å². The highest BCUT2D eigenvalue weighted by Gasteiger charge is 2.10. The molecule has 0 amide bonds. The summed E-state index contributed by atoms with van der Waals surface area (Å²) in [6, 6.07) is 0. The summed E-state index contributed by atoms with van der Waals surface area (Å²) in [6.07, 6.45) is 0. The van der Waals surface area contributed by atoms with Gasteiger partial charge in [0.15, 0.2) is 0 Å². The highest BCUT2D eigenvalue weighted by molar-refractivity contribution is 9.09. The van der Waals surface area contributed by atoms with Crippen molar-refractivity contribution in [2.75, 3.05) is 30.4 Å². The van der Waals surface area contributed by atoms with Crippen molar-refractivity contribution < 1.29 is 4.57 Å². The minimum Gasteiger partial charge on any atom is -0.290 e. The predicted molar refractivity (Wildman–Crippen MR) is 57.1 cm³/mol. The zero-order valence-corrected chi connectivity index (χ0v) is 10.5. The van der Waals surface area contributed by atoms with Crippen LogP contribution in [0.4, 0.5) is 0 Å². The average Bonchev–Trinajstić information content (AvgIpc) is 1.97. The Morgan fingerprint density at radius 3 is 1.82 bits per heavy atom. The number of rotatable bonds is 6. The van der Waals surface area contributed by atoms with Gasteiger partial charge in [0.1, 0.15) is 0 Å². The van der Waals surface area contributed by atoms with Crippen molar-refractivity contribution in [2.24, 2.45) is 0 Å². The van der Waals surface area contributed by atoms with E-state index < -0.39 is 7.44 Å². The van der Waals surface area contributed by atoms with E-state index in [1.54, 1.807) is 6.66 Å². The fourth-order valence-corrected chi connectivity index (χ4v) is 2.77. The van der Waals surface area contributed by atoms with Gasteiger partial charge in [-0.15, -0.1) is 0 Å². The van der Waals surface area contributed by atoms with Crippen LogP contribution in [0.5, 0.6) is 0 Å². The Labute approximate surface area is 84.4 Å². The van der Waals surface area contributed by atoms with Gasteiger partial charge in [-0.05, 0) is 0 Å². The molecule has 0 aliphatic heterocycles. The lowest BCUT2D eigenvalue weighted by molar-refractivity contribution is 0.561. The van der Waals surface area contributed by atoms with E-state index in [2.05, 4.69) is 42.0 Å². The van der Waals surface area contributed by atoms with E-state index in [0.29, 0.717) is 0 Å². The van der Waals surface area contributed by atoms with Crippen LogP contribution in [0.3, 0.4) is 0 Å². The molecule has 0 saturated heterocycles. The van der Waals surface area contributed by atoms with Crippen LogP contribution in [0.2, 0.25) is 0 Å². The van der Waals surface area contributed by atoms with E-state index in [1.165, 1.54) is 0 Å². The first kappa shape index (κ1) is 12.1. The van der Waals surface area contributed by atoms with Crippen LogP contribution in [-0.2, 0) is 4.57 Å². The molecule has 0 aromatic heterocycles. The Hall–Kier alpha value is 1.11. The van der Waals surface area contributed by atoms with Gasteiger partial charge in [-0.1, -0.05) is 31.9 Å². The molecule has 0 radical (unpaired) electrons. The number of hydrogen-bond donors (Lipinski definition) is 2. The van der Waals surface area contributed by atoms with Gasteiger partial charge >= 0.3 is 0 Å². The van der Waals surface area contributed by atoms with Gasteiger partial charge in [0.25, 0.3) is 0 Å². The molecule has 0 fully saturated rings. The minimum absolute atomic E-state index is 0.725. The van der Waals surface area contributed by atoms with Gasteiger partial charge in [0, 0.05) is 30.4 Å². The third-order valence-corrected chi connectivity index (χ3v) is 3.46. The zero-order chi connectivity index (χ0) is 8.74. The zero-order valence-electron chi connectivity index (χ0n) is 6.44. The molecule has 11 heavy (non-hydrogen) atoms. The average molecular weight is 308 g/mol. The third kappa shape index (κ3) is 7.47. The Balaban J connectivity index is 3.53. The second-order valence-electron chi connectivity index (χ2n) is 2.12. The number of nitrogens with one attached hydrogen (secondary N) is 2. The summed E-state index contributed by atoms with van der Waals surface area (Å²) in [5.41, 5.74) is 0. The molecule has 6 heteroatoms. The topological polar surface area (TPSA) is 41.1 Å². The summed E-state index contributed by atoms with van der Waals surface area (Å²) in [4.78, 5) is 0. The van der Waals surface area contributed by atoms with Crippen molar-refractivity contribution in [1.82, 2.24) is 10.2 Å². The van der Waals surface area contributed by atoms with Crippen LogP contribution >= 0.6 is 39.3 Å². The van der Waals surface area contributed by atoms with Gasteiger partial charge in [-0.3, -0.25) is 14.7 Å². The maximum absolute atomic E-state index is 11.5. The van der Waals surface area contributed by atoms with Crippen molar-refractivity contribution in [2.45, 2.75) is 0 Å². The first-order valence-corrected chi connectivity index (χ1v) is 7.72. The molecule has 0 heterocycles. The first-order chi connectivity index (χ1) is 5.12. The third-order valence-electron chi connectivity index (χ3n) is 1.02. The van der Waals surface area contributed by atoms with Crippen LogP contribution in [-0.4, -0.2) is 30.4 Å². The Kier molecular flexibility index (Phi) is 7.27. The molecular formula is C5H13Br2N2OP. The number of halogens is 2. The molecule has 3 nitrogen and oxygen atoms in total. The fourth-order valence-electron chi connectivity index (χ4n) is 0.567. The Morgan fingerprint density at radius 1 is 1.18 bits per heavy atom. The van der Waals surface area contributed by atoms with Crippen LogP contribution in [0.25, 0.3) is 0 Å². The van der Waals surface area contributed by atoms with Gasteiger partial charge in [-0.2, -0.15) is 0 Å². The normalized spacial score (nSPS) is 11.9. The summed E-state index contributed by atoms with van der Waals surface area (Å²) >= 11 is 6.50. The van der Waals surface area contributed by atoms with Crippen molar-refractivity contribution in [1.29, 1.82) is 0 Å². The van der Waals surface area contributed by atoms with Crippen molar-refractivity contribution in [3.63, 3.8) is 0 Å². The predicted octanol–water partition coefficient (Wildman–Crippen LogP) is 1.78. The highest BCUT2D eigenvalue weighted by Crippen LogP contribution is 2.28. The molecule has 0 aromatic carbocycles. The lowest BCUT2D eigenvalue weighted by Crippen LogP contribution is -2.24. The monoisotopic (exact) mass is 306 g/mol. The fraction of sp³-hybridized carbons (Fsp3) is 1.00. The summed E-state index contributed by atoms with van der Waals surface area (Å²) in [6.45, 7) is 3.14. The molecule has 2 N–H and O–H groups in total. The molecule has 0 atom stereocenters. The molecule has 0 bridgehead atoms. The van der Waals surface area contributed by atoms with E-state index in [1.807, 2.05) is 0 Å². The summed E-state index contributed by atoms with van der Waals surface area (Å²) < 4.78 is 11.5. The van der Waals surface area contributed by atoms with Crippen LogP contribution in [0.15, 0.2) is 0 Å². The number of hydrogen-bond acceptors (Lipinski definition) is 1. The highest BCUT2D eigenvalue weighted by atomic mass is 79.9. The summed E-state index contributed by atoms with van der Waals surface area (Å²) in [5.74, 6) is 0. The smallest absolute Gasteiger partial charge is 0.208 e. The molecule has 0 aliphatic rings. The van der Waals surface area contributed by atoms with E-state index in [9.17, 15) is 4.57 Å². The maximum Gasteiger partial charge on any atom is 0.208 e. The molecule has 0 spiro atoms. The molecule has 0 unspecified atom stereocenters. The van der Waals surface area contributed by atoms with Crippen LogP contribution < -0.4 is 10.2 Å². The molecular weight excluding hydrogens is 295 g/mol. The van der Waals surface area contributed by atoms with E-state index in [-0.39, 0.29) is 0 Å². The van der Waals surface area contributed by atoms with E-state index in [4.69, 9.17) is 0 Å². The van der Waals surface area contributed by atoms with Gasteiger partial charge < -0.3 is 0 Å². The molecule has 68 valence electrons. The lowest BCUT2D eigenvalue weighted by atomic mass is 10.8. The van der Waals surface area contributed by atoms with Gasteiger partial charge in [0.2, 0.25) is 7.44 Å². The molecule has 0 aromatic rings. The first-order valence-electron chi connectivity index (χ1n) is 3.32. The largest absolute Gasteiger partial charge is 0.290 e. The van der Waals surface area contributed by atoms with Crippen LogP contribution in [0, 0.1) is 0 Å². The minimum atomic E-state index is -2.29. The van der Waals surface area contributed by atoms with Gasteiger partial charge in [0.05, 0.1) is 0 Å². The van der Waals surface area contributed by atoms with Crippen LogP contribution in [0.1, 0.15) is 0 Å². The van der Waals surface area contributed by atoms with Crippen molar-refractivity contribution >= 4 is 39.3 Å². The van der Waals surface area contributed by atoms with Crippen molar-refractivity contribution in [3.05, 3.63) is 0 Å². The second-order valence-corrected chi connectivity index (χ2v) is 6.19. The molecule has 0 aliphatic carbocycles. The van der Waals surface area contributed by atoms with Gasteiger partial charge in [-0.25, -0.2) is 0 Å². The number of alkyl halides is 2. The second kappa shape index (κ2) is 6.61. The Bertz CT molecular complexity index is 132. The lowest BCUT2D eigenvalue weighted by Gasteiger charge is -2.14. The Morgan fingerprint density at radius 2 is 1.55 bits per heavy atom. The van der Waals surface area contributed by atoms with Crippen molar-refractivity contribution in [3.8, 4) is 0 Å². The SMILES string of the molecule is CP(=O)(NCCBr)NCCBr. The standard InChI is InChI=1S/C5H13Br2N2OP/c1-11(10,8-4-2-6)9-5-3-7/h2-5H2,1H3,(H2,8,9,10).